The molecule has 0 unspecified atom stereocenters. The Balaban J connectivity index is 2.08. The van der Waals surface area contributed by atoms with Crippen molar-refractivity contribution in [2.45, 2.75) is 0 Å². The first-order valence-corrected chi connectivity index (χ1v) is 6.07. The van der Waals surface area contributed by atoms with Crippen LogP contribution in [0.25, 0.3) is 16.9 Å². The number of pyridine rings is 1. The molecule has 4 nitrogen and oxygen atoms in total. The predicted octanol–water partition coefficient (Wildman–Crippen LogP) is 2.58. The SMILES string of the molecule is Nc1cn(-c2ccncc2)nc1-c1ccsc1. The average Bonchev–Trinajstić information content (AvgIpc) is 2.99. The Kier molecular flexibility index (Phi) is 2.38. The fourth-order valence-corrected chi connectivity index (χ4v) is 2.28. The van der Waals surface area contributed by atoms with Crippen molar-refractivity contribution < 1.29 is 0 Å². The van der Waals surface area contributed by atoms with E-state index in [2.05, 4.69) is 10.1 Å². The van der Waals surface area contributed by atoms with E-state index in [-0.39, 0.29) is 0 Å². The topological polar surface area (TPSA) is 56.7 Å². The molecule has 0 fully saturated rings. The summed E-state index contributed by atoms with van der Waals surface area (Å²) >= 11 is 1.63. The lowest BCUT2D eigenvalue weighted by Crippen LogP contribution is -1.94. The third-order valence-corrected chi connectivity index (χ3v) is 3.15. The van der Waals surface area contributed by atoms with Crippen LogP contribution in [0.2, 0.25) is 0 Å². The minimum Gasteiger partial charge on any atom is -0.396 e. The standard InChI is InChI=1S/C12H10N4S/c13-11-7-16(10-1-4-14-5-2-10)15-12(11)9-3-6-17-8-9/h1-8H,13H2. The van der Waals surface area contributed by atoms with Crippen molar-refractivity contribution in [3.63, 3.8) is 0 Å². The molecular formula is C12H10N4S. The van der Waals surface area contributed by atoms with Crippen LogP contribution >= 0.6 is 11.3 Å². The summed E-state index contributed by atoms with van der Waals surface area (Å²) in [6.07, 6.45) is 5.29. The van der Waals surface area contributed by atoms with Gasteiger partial charge in [0.2, 0.25) is 0 Å². The Morgan fingerprint density at radius 3 is 2.71 bits per heavy atom. The van der Waals surface area contributed by atoms with Crippen LogP contribution in [0.4, 0.5) is 5.69 Å². The quantitative estimate of drug-likeness (QED) is 0.751. The molecule has 0 aliphatic rings. The molecule has 0 bridgehead atoms. The van der Waals surface area contributed by atoms with Gasteiger partial charge in [-0.1, -0.05) is 0 Å². The van der Waals surface area contributed by atoms with E-state index in [0.717, 1.165) is 16.9 Å². The zero-order valence-corrected chi connectivity index (χ0v) is 9.76. The molecule has 2 N–H and O–H groups in total. The highest BCUT2D eigenvalue weighted by atomic mass is 32.1. The zero-order chi connectivity index (χ0) is 11.7. The molecule has 84 valence electrons. The van der Waals surface area contributed by atoms with Gasteiger partial charge in [-0.2, -0.15) is 16.4 Å². The van der Waals surface area contributed by atoms with Crippen molar-refractivity contribution in [3.8, 4) is 16.9 Å². The van der Waals surface area contributed by atoms with Crippen LogP contribution in [0.15, 0.2) is 47.5 Å². The summed E-state index contributed by atoms with van der Waals surface area (Å²) in [4.78, 5) is 3.98. The van der Waals surface area contributed by atoms with Gasteiger partial charge >= 0.3 is 0 Å². The summed E-state index contributed by atoms with van der Waals surface area (Å²) in [6, 6.07) is 5.80. The molecule has 0 atom stereocenters. The van der Waals surface area contributed by atoms with Crippen molar-refractivity contribution in [2.75, 3.05) is 5.73 Å². The molecule has 3 heterocycles. The monoisotopic (exact) mass is 242 g/mol. The lowest BCUT2D eigenvalue weighted by Gasteiger charge is -1.98. The second kappa shape index (κ2) is 4.03. The minimum absolute atomic E-state index is 0.681. The number of nitrogens with two attached hydrogens (primary N) is 1. The fraction of sp³-hybridized carbons (Fsp3) is 0. The van der Waals surface area contributed by atoms with Crippen molar-refractivity contribution in [3.05, 3.63) is 47.5 Å². The molecule has 0 amide bonds. The lowest BCUT2D eigenvalue weighted by atomic mass is 10.2. The van der Waals surface area contributed by atoms with Crippen LogP contribution in [0.1, 0.15) is 0 Å². The van der Waals surface area contributed by atoms with Gasteiger partial charge in [-0.15, -0.1) is 0 Å². The molecule has 0 aromatic carbocycles. The second-order valence-corrected chi connectivity index (χ2v) is 4.38. The summed E-state index contributed by atoms with van der Waals surface area (Å²) < 4.78 is 1.77. The summed E-state index contributed by atoms with van der Waals surface area (Å²) in [5.41, 5.74) is 9.49. The van der Waals surface area contributed by atoms with Crippen molar-refractivity contribution >= 4 is 17.0 Å². The molecular weight excluding hydrogens is 232 g/mol. The van der Waals surface area contributed by atoms with Gasteiger partial charge < -0.3 is 5.73 Å². The first-order valence-electron chi connectivity index (χ1n) is 5.13. The maximum absolute atomic E-state index is 5.98. The summed E-state index contributed by atoms with van der Waals surface area (Å²) in [6.45, 7) is 0. The Morgan fingerprint density at radius 1 is 1.18 bits per heavy atom. The van der Waals surface area contributed by atoms with Crippen molar-refractivity contribution in [1.82, 2.24) is 14.8 Å². The maximum Gasteiger partial charge on any atom is 0.116 e. The third-order valence-electron chi connectivity index (χ3n) is 2.46. The van der Waals surface area contributed by atoms with Gasteiger partial charge in [-0.25, -0.2) is 4.68 Å². The molecule has 0 spiro atoms. The van der Waals surface area contributed by atoms with Crippen LogP contribution in [-0.4, -0.2) is 14.8 Å². The van der Waals surface area contributed by atoms with Crippen molar-refractivity contribution in [2.24, 2.45) is 0 Å². The van der Waals surface area contributed by atoms with Gasteiger partial charge in [-0.05, 0) is 23.6 Å². The molecule has 17 heavy (non-hydrogen) atoms. The van der Waals surface area contributed by atoms with Crippen LogP contribution in [0, 0.1) is 0 Å². The van der Waals surface area contributed by atoms with Crippen LogP contribution in [0.3, 0.4) is 0 Å². The van der Waals surface area contributed by atoms with Gasteiger partial charge in [0.25, 0.3) is 0 Å². The first-order chi connectivity index (χ1) is 8.34. The van der Waals surface area contributed by atoms with E-state index in [4.69, 9.17) is 5.73 Å². The van der Waals surface area contributed by atoms with Crippen LogP contribution in [0.5, 0.6) is 0 Å². The fourth-order valence-electron chi connectivity index (χ4n) is 1.64. The molecule has 3 aromatic rings. The lowest BCUT2D eigenvalue weighted by molar-refractivity contribution is 0.882. The Labute approximate surface area is 102 Å². The number of rotatable bonds is 2. The summed E-state index contributed by atoms with van der Waals surface area (Å²) in [7, 11) is 0. The minimum atomic E-state index is 0.681. The first kappa shape index (κ1) is 10.0. The summed E-state index contributed by atoms with van der Waals surface area (Å²) in [5, 5.41) is 8.54. The van der Waals surface area contributed by atoms with E-state index in [0.29, 0.717) is 5.69 Å². The highest BCUT2D eigenvalue weighted by molar-refractivity contribution is 7.08. The molecule has 3 rings (SSSR count). The van der Waals surface area contributed by atoms with E-state index in [1.54, 1.807) is 28.4 Å². The van der Waals surface area contributed by atoms with Gasteiger partial charge in [0, 0.05) is 23.3 Å². The number of aromatic nitrogens is 3. The van der Waals surface area contributed by atoms with E-state index < -0.39 is 0 Å². The third kappa shape index (κ3) is 1.81. The molecule has 0 saturated carbocycles. The van der Waals surface area contributed by atoms with Gasteiger partial charge in [-0.3, -0.25) is 4.98 Å². The molecule has 0 radical (unpaired) electrons. The molecule has 3 aromatic heterocycles. The maximum atomic E-state index is 5.98. The van der Waals surface area contributed by atoms with E-state index in [1.165, 1.54) is 0 Å². The number of anilines is 1. The largest absolute Gasteiger partial charge is 0.396 e. The van der Waals surface area contributed by atoms with Crippen LogP contribution < -0.4 is 5.73 Å². The Morgan fingerprint density at radius 2 is 2.00 bits per heavy atom. The van der Waals surface area contributed by atoms with Gasteiger partial charge in [0.05, 0.1) is 17.6 Å². The van der Waals surface area contributed by atoms with Gasteiger partial charge in [0.1, 0.15) is 5.69 Å². The Bertz CT molecular complexity index is 613. The van der Waals surface area contributed by atoms with E-state index in [9.17, 15) is 0 Å². The highest BCUT2D eigenvalue weighted by Gasteiger charge is 2.09. The number of hydrogen-bond donors (Lipinski definition) is 1. The average molecular weight is 242 g/mol. The number of nitrogen functional groups attached to an aromatic ring is 1. The number of thiophene rings is 1. The molecule has 0 aliphatic carbocycles. The molecule has 0 saturated heterocycles. The van der Waals surface area contributed by atoms with E-state index in [1.807, 2.05) is 35.2 Å². The molecule has 5 heteroatoms. The predicted molar refractivity (Wildman–Crippen MR) is 69.1 cm³/mol. The highest BCUT2D eigenvalue weighted by Crippen LogP contribution is 2.26. The van der Waals surface area contributed by atoms with Crippen molar-refractivity contribution in [1.29, 1.82) is 0 Å². The number of nitrogens with zero attached hydrogens (tertiary/aromatic N) is 3. The van der Waals surface area contributed by atoms with Gasteiger partial charge in [0.15, 0.2) is 0 Å². The smallest absolute Gasteiger partial charge is 0.116 e. The second-order valence-electron chi connectivity index (χ2n) is 3.60. The Hall–Kier alpha value is -2.14. The normalized spacial score (nSPS) is 10.6. The van der Waals surface area contributed by atoms with Crippen LogP contribution in [-0.2, 0) is 0 Å². The summed E-state index contributed by atoms with van der Waals surface area (Å²) in [5.74, 6) is 0. The zero-order valence-electron chi connectivity index (χ0n) is 8.95. The number of hydrogen-bond acceptors (Lipinski definition) is 4. The molecule has 0 aliphatic heterocycles. The van der Waals surface area contributed by atoms with E-state index >= 15 is 0 Å².